The Labute approximate surface area is 96.3 Å². The van der Waals surface area contributed by atoms with Crippen molar-refractivity contribution in [3.63, 3.8) is 0 Å². The number of carbonyl (C=O) groups is 1. The summed E-state index contributed by atoms with van der Waals surface area (Å²) in [6.45, 7) is 0.366. The van der Waals surface area contributed by atoms with Gasteiger partial charge in [0.2, 0.25) is 0 Å². The molecule has 94 valence electrons. The summed E-state index contributed by atoms with van der Waals surface area (Å²) in [5, 5.41) is 37.4. The summed E-state index contributed by atoms with van der Waals surface area (Å²) >= 11 is 5.08. The first-order valence-corrected chi connectivity index (χ1v) is 4.85. The van der Waals surface area contributed by atoms with Gasteiger partial charge in [0.25, 0.3) is 5.79 Å². The zero-order valence-electron chi connectivity index (χ0n) is 8.41. The van der Waals surface area contributed by atoms with E-state index in [0.29, 0.717) is 0 Å². The van der Waals surface area contributed by atoms with Gasteiger partial charge in [0.15, 0.2) is 5.78 Å². The minimum absolute atomic E-state index is 0.666. The third-order valence-corrected chi connectivity index (χ3v) is 2.78. The molecule has 5 atom stereocenters. The molecule has 1 aliphatic rings. The van der Waals surface area contributed by atoms with E-state index in [4.69, 9.17) is 21.7 Å². The normalized spacial score (nSPS) is 44.4. The number of hydrogen-bond acceptors (Lipinski definition) is 7. The van der Waals surface area contributed by atoms with Crippen LogP contribution in [0.5, 0.6) is 0 Å². The Morgan fingerprint density at radius 1 is 1.44 bits per heavy atom. The van der Waals surface area contributed by atoms with Crippen LogP contribution >= 0.6 is 11.9 Å². The second-order valence-corrected chi connectivity index (χ2v) is 3.72. The number of Topliss-reactive ketones (excluding diaryl/α,β-unsaturated/α-hetero) is 1. The smallest absolute Gasteiger partial charge is 0.276 e. The van der Waals surface area contributed by atoms with Crippen LogP contribution in [0.1, 0.15) is 6.92 Å². The Balaban J connectivity index is 3.06. The number of carbonyl (C=O) groups excluding carboxylic acids is 1. The number of ketones is 1. The quantitative estimate of drug-likeness (QED) is 0.458. The van der Waals surface area contributed by atoms with Crippen molar-refractivity contribution in [1.29, 1.82) is 0 Å². The number of ether oxygens (including phenoxy) is 1. The highest BCUT2D eigenvalue weighted by atomic mass is 35.5. The van der Waals surface area contributed by atoms with Gasteiger partial charge in [0, 0.05) is 6.92 Å². The third kappa shape index (κ3) is 1.95. The van der Waals surface area contributed by atoms with Gasteiger partial charge in [0.1, 0.15) is 24.4 Å². The van der Waals surface area contributed by atoms with Crippen molar-refractivity contribution in [2.45, 2.75) is 37.1 Å². The van der Waals surface area contributed by atoms with Gasteiger partial charge in [0.05, 0.1) is 18.5 Å². The average Bonchev–Trinajstić information content (AvgIpc) is 2.27. The Morgan fingerprint density at radius 3 is 2.38 bits per heavy atom. The molecular formula is C8H13ClO7. The molecule has 0 saturated carbocycles. The van der Waals surface area contributed by atoms with Crippen molar-refractivity contribution in [2.24, 2.45) is 0 Å². The summed E-state index contributed by atoms with van der Waals surface area (Å²) in [5.41, 5.74) is 0. The van der Waals surface area contributed by atoms with E-state index in [-0.39, 0.29) is 0 Å². The maximum atomic E-state index is 11.3. The molecule has 0 aromatic rings. The Kier molecular flexibility index (Phi) is 4.24. The van der Waals surface area contributed by atoms with E-state index in [0.717, 1.165) is 6.92 Å². The summed E-state index contributed by atoms with van der Waals surface area (Å²) in [6.07, 6.45) is -6.38. The molecule has 0 spiro atoms. The lowest BCUT2D eigenvalue weighted by molar-refractivity contribution is -0.319. The first kappa shape index (κ1) is 13.8. The molecule has 0 aromatic carbocycles. The van der Waals surface area contributed by atoms with Crippen molar-refractivity contribution < 1.29 is 34.2 Å². The predicted octanol–water partition coefficient (Wildman–Crippen LogP) is -2.08. The topological polar surface area (TPSA) is 116 Å². The minimum atomic E-state index is -2.28. The standard InChI is InChI=1S/C8H13ClO7/c1-3(11)8(16-9)7(14)6(13)5(12)4(2-10)15-8/h4-7,10,12-14H,2H2,1H3/t4-,5-,6+,7-,8+/m1/s1. The second-order valence-electron chi connectivity index (χ2n) is 3.57. The van der Waals surface area contributed by atoms with Crippen LogP contribution < -0.4 is 0 Å². The summed E-state index contributed by atoms with van der Waals surface area (Å²) in [5.74, 6) is -3.08. The van der Waals surface area contributed by atoms with Gasteiger partial charge < -0.3 is 25.2 Å². The monoisotopic (exact) mass is 256 g/mol. The second kappa shape index (κ2) is 4.92. The van der Waals surface area contributed by atoms with Gasteiger partial charge in [-0.3, -0.25) is 4.79 Å². The molecule has 0 radical (unpaired) electrons. The van der Waals surface area contributed by atoms with Crippen molar-refractivity contribution in [3.8, 4) is 0 Å². The van der Waals surface area contributed by atoms with E-state index in [1.54, 1.807) is 0 Å². The van der Waals surface area contributed by atoms with E-state index in [1.807, 2.05) is 0 Å². The molecular weight excluding hydrogens is 244 g/mol. The summed E-state index contributed by atoms with van der Waals surface area (Å²) in [7, 11) is 0. The third-order valence-electron chi connectivity index (χ3n) is 2.56. The van der Waals surface area contributed by atoms with E-state index in [2.05, 4.69) is 4.29 Å². The van der Waals surface area contributed by atoms with E-state index in [9.17, 15) is 20.1 Å². The van der Waals surface area contributed by atoms with E-state index < -0.39 is 42.6 Å². The number of aliphatic hydroxyl groups is 4. The zero-order chi connectivity index (χ0) is 12.5. The number of rotatable bonds is 3. The fourth-order valence-corrected chi connectivity index (χ4v) is 1.79. The molecule has 8 heteroatoms. The van der Waals surface area contributed by atoms with Gasteiger partial charge in [-0.2, -0.15) is 0 Å². The maximum absolute atomic E-state index is 11.3. The largest absolute Gasteiger partial charge is 0.394 e. The predicted molar refractivity (Wildman–Crippen MR) is 50.3 cm³/mol. The van der Waals surface area contributed by atoms with Crippen LogP contribution in [0.4, 0.5) is 0 Å². The lowest BCUT2D eigenvalue weighted by Gasteiger charge is -2.44. The molecule has 1 rings (SSSR count). The molecule has 1 saturated heterocycles. The van der Waals surface area contributed by atoms with Gasteiger partial charge in [-0.15, -0.1) is 0 Å². The van der Waals surface area contributed by atoms with Crippen LogP contribution in [0.15, 0.2) is 0 Å². The van der Waals surface area contributed by atoms with E-state index in [1.165, 1.54) is 0 Å². The molecule has 0 bridgehead atoms. The molecule has 0 aromatic heterocycles. The molecule has 0 amide bonds. The Morgan fingerprint density at radius 2 is 2.00 bits per heavy atom. The molecule has 4 N–H and O–H groups in total. The average molecular weight is 257 g/mol. The van der Waals surface area contributed by atoms with E-state index >= 15 is 0 Å². The highest BCUT2D eigenvalue weighted by Gasteiger charge is 2.57. The van der Waals surface area contributed by atoms with Crippen LogP contribution in [0, 0.1) is 0 Å². The Hall–Kier alpha value is -0.280. The number of hydrogen-bond donors (Lipinski definition) is 4. The lowest BCUT2D eigenvalue weighted by atomic mass is 9.90. The fraction of sp³-hybridized carbons (Fsp3) is 0.875. The van der Waals surface area contributed by atoms with Crippen LogP contribution in [0.25, 0.3) is 0 Å². The summed E-state index contributed by atoms with van der Waals surface area (Å²) < 4.78 is 9.19. The van der Waals surface area contributed by atoms with Crippen LogP contribution in [0.2, 0.25) is 0 Å². The molecule has 0 aliphatic carbocycles. The number of aliphatic hydroxyl groups excluding tert-OH is 4. The molecule has 1 aliphatic heterocycles. The van der Waals surface area contributed by atoms with Gasteiger partial charge in [-0.25, -0.2) is 4.29 Å². The molecule has 1 fully saturated rings. The first-order chi connectivity index (χ1) is 7.40. The Bertz CT molecular complexity index is 271. The molecule has 1 heterocycles. The molecule has 7 nitrogen and oxygen atoms in total. The SMILES string of the molecule is CC(=O)[C@@]1(OCl)O[C@H](CO)[C@@H](O)[C@H](O)[C@H]1O. The van der Waals surface area contributed by atoms with Crippen molar-refractivity contribution in [1.82, 2.24) is 0 Å². The highest BCUT2D eigenvalue weighted by molar-refractivity contribution is 6.09. The lowest BCUT2D eigenvalue weighted by Crippen LogP contribution is -2.68. The minimum Gasteiger partial charge on any atom is -0.394 e. The van der Waals surface area contributed by atoms with Gasteiger partial charge >= 0.3 is 0 Å². The summed E-state index contributed by atoms with van der Waals surface area (Å²) in [4.78, 5) is 11.3. The highest BCUT2D eigenvalue weighted by Crippen LogP contribution is 2.32. The van der Waals surface area contributed by atoms with Crippen LogP contribution in [-0.4, -0.2) is 63.0 Å². The maximum Gasteiger partial charge on any atom is 0.276 e. The van der Waals surface area contributed by atoms with Gasteiger partial charge in [-0.1, -0.05) is 0 Å². The van der Waals surface area contributed by atoms with Crippen molar-refractivity contribution in [2.75, 3.05) is 6.61 Å². The van der Waals surface area contributed by atoms with Gasteiger partial charge in [-0.05, 0) is 0 Å². The molecule has 0 unspecified atom stereocenters. The van der Waals surface area contributed by atoms with Crippen molar-refractivity contribution in [3.05, 3.63) is 0 Å². The first-order valence-electron chi connectivity index (χ1n) is 4.54. The van der Waals surface area contributed by atoms with Crippen LogP contribution in [-0.2, 0) is 13.8 Å². The number of halogens is 1. The summed E-state index contributed by atoms with van der Waals surface area (Å²) in [6, 6.07) is 0. The van der Waals surface area contributed by atoms with Crippen molar-refractivity contribution >= 4 is 17.6 Å². The zero-order valence-corrected chi connectivity index (χ0v) is 9.16. The fourth-order valence-electron chi connectivity index (χ4n) is 1.55. The molecule has 16 heavy (non-hydrogen) atoms. The van der Waals surface area contributed by atoms with Crippen LogP contribution in [0.3, 0.4) is 0 Å².